The molecule has 0 bridgehead atoms. The summed E-state index contributed by atoms with van der Waals surface area (Å²) in [4.78, 5) is 28.1. The first-order valence-corrected chi connectivity index (χ1v) is 10.4. The van der Waals surface area contributed by atoms with Gasteiger partial charge in [-0.15, -0.1) is 11.3 Å². The number of nitrogens with one attached hydrogen (secondary N) is 1. The fourth-order valence-electron chi connectivity index (χ4n) is 3.40. The van der Waals surface area contributed by atoms with E-state index in [9.17, 15) is 9.59 Å². The molecule has 1 N–H and O–H groups in total. The molecule has 0 spiro atoms. The van der Waals surface area contributed by atoms with Crippen molar-refractivity contribution in [1.82, 2.24) is 10.2 Å². The van der Waals surface area contributed by atoms with E-state index in [2.05, 4.69) is 5.32 Å². The van der Waals surface area contributed by atoms with Crippen molar-refractivity contribution in [2.24, 2.45) is 0 Å². The minimum absolute atomic E-state index is 0.0430. The summed E-state index contributed by atoms with van der Waals surface area (Å²) in [5.41, 5.74) is 1.01. The Morgan fingerprint density at radius 3 is 2.70 bits per heavy atom. The van der Waals surface area contributed by atoms with E-state index in [0.717, 1.165) is 24.2 Å². The fourth-order valence-corrected chi connectivity index (χ4v) is 4.08. The van der Waals surface area contributed by atoms with Crippen LogP contribution in [0.3, 0.4) is 0 Å². The van der Waals surface area contributed by atoms with E-state index >= 15 is 0 Å². The van der Waals surface area contributed by atoms with Gasteiger partial charge in [-0.05, 0) is 62.3 Å². The van der Waals surface area contributed by atoms with Gasteiger partial charge in [0.15, 0.2) is 0 Å². The summed E-state index contributed by atoms with van der Waals surface area (Å²) >= 11 is 1.42. The Hall–Kier alpha value is -2.34. The van der Waals surface area contributed by atoms with E-state index in [1.807, 2.05) is 55.6 Å². The van der Waals surface area contributed by atoms with Gasteiger partial charge in [-0.1, -0.05) is 18.2 Å². The van der Waals surface area contributed by atoms with Crippen molar-refractivity contribution in [3.63, 3.8) is 0 Å². The summed E-state index contributed by atoms with van der Waals surface area (Å²) in [5.74, 6) is 0.694. The number of amides is 2. The smallest absolute Gasteiger partial charge is 0.264 e. The molecule has 1 aliphatic rings. The molecule has 1 saturated heterocycles. The molecular weight excluding hydrogens is 360 g/mol. The van der Waals surface area contributed by atoms with Crippen LogP contribution in [0, 0.1) is 0 Å². The number of benzene rings is 1. The van der Waals surface area contributed by atoms with Crippen LogP contribution in [0.4, 0.5) is 0 Å². The Kier molecular flexibility index (Phi) is 6.50. The molecular formula is C21H26N2O3S. The van der Waals surface area contributed by atoms with Gasteiger partial charge in [-0.25, -0.2) is 0 Å². The van der Waals surface area contributed by atoms with Gasteiger partial charge in [-0.3, -0.25) is 9.59 Å². The van der Waals surface area contributed by atoms with Crippen LogP contribution in [0.15, 0.2) is 41.8 Å². The highest BCUT2D eigenvalue weighted by Gasteiger charge is 2.33. The second-order valence-corrected chi connectivity index (χ2v) is 7.67. The maximum atomic E-state index is 12.9. The van der Waals surface area contributed by atoms with Gasteiger partial charge in [0.2, 0.25) is 5.91 Å². The minimum Gasteiger partial charge on any atom is -0.494 e. The molecule has 144 valence electrons. The molecule has 2 heterocycles. The normalized spacial score (nSPS) is 18.0. The molecule has 0 radical (unpaired) electrons. The second-order valence-electron chi connectivity index (χ2n) is 6.72. The molecule has 2 aromatic rings. The third-order valence-corrected chi connectivity index (χ3v) is 5.71. The lowest BCUT2D eigenvalue weighted by molar-refractivity contribution is -0.127. The Morgan fingerprint density at radius 1 is 1.26 bits per heavy atom. The van der Waals surface area contributed by atoms with Crippen molar-refractivity contribution < 1.29 is 14.3 Å². The van der Waals surface area contributed by atoms with Gasteiger partial charge in [0, 0.05) is 6.54 Å². The highest BCUT2D eigenvalue weighted by molar-refractivity contribution is 7.12. The third kappa shape index (κ3) is 4.69. The second kappa shape index (κ2) is 9.04. The summed E-state index contributed by atoms with van der Waals surface area (Å²) < 4.78 is 5.46. The third-order valence-electron chi connectivity index (χ3n) is 4.85. The zero-order valence-electron chi connectivity index (χ0n) is 15.8. The molecule has 3 rings (SSSR count). The molecule has 5 nitrogen and oxygen atoms in total. The first-order chi connectivity index (χ1) is 13.1. The van der Waals surface area contributed by atoms with Crippen molar-refractivity contribution in [3.05, 3.63) is 52.2 Å². The average Bonchev–Trinajstić information content (AvgIpc) is 3.23. The van der Waals surface area contributed by atoms with Crippen molar-refractivity contribution in [1.29, 1.82) is 0 Å². The molecule has 1 aliphatic heterocycles. The van der Waals surface area contributed by atoms with Gasteiger partial charge in [0.05, 0.1) is 17.5 Å². The van der Waals surface area contributed by atoms with Crippen molar-refractivity contribution in [2.45, 2.75) is 45.2 Å². The van der Waals surface area contributed by atoms with Gasteiger partial charge in [0.1, 0.15) is 11.8 Å². The first-order valence-electron chi connectivity index (χ1n) is 9.47. The molecule has 2 amide bonds. The van der Waals surface area contributed by atoms with E-state index < -0.39 is 6.04 Å². The molecule has 0 saturated carbocycles. The number of rotatable bonds is 6. The van der Waals surface area contributed by atoms with E-state index in [1.165, 1.54) is 11.3 Å². The summed E-state index contributed by atoms with van der Waals surface area (Å²) in [7, 11) is 0. The van der Waals surface area contributed by atoms with Crippen LogP contribution in [0.5, 0.6) is 5.75 Å². The standard InChI is InChI=1S/C21H26N2O3S/c1-3-26-17-11-9-16(10-12-17)15(2)22-20(24)18-7-4-5-13-23(18)21(25)19-8-6-14-27-19/h6,8-12,14-15,18H,3-5,7,13H2,1-2H3,(H,22,24)/t15-,18+/m0/s1. The monoisotopic (exact) mass is 386 g/mol. The van der Waals surface area contributed by atoms with Gasteiger partial charge in [0.25, 0.3) is 5.91 Å². The highest BCUT2D eigenvalue weighted by atomic mass is 32.1. The van der Waals surface area contributed by atoms with Crippen molar-refractivity contribution in [3.8, 4) is 5.75 Å². The number of nitrogens with zero attached hydrogens (tertiary/aromatic N) is 1. The molecule has 1 aromatic carbocycles. The lowest BCUT2D eigenvalue weighted by atomic mass is 10.00. The Bertz CT molecular complexity index is 758. The number of hydrogen-bond donors (Lipinski definition) is 1. The Balaban J connectivity index is 1.66. The topological polar surface area (TPSA) is 58.6 Å². The largest absolute Gasteiger partial charge is 0.494 e. The molecule has 2 atom stereocenters. The highest BCUT2D eigenvalue weighted by Crippen LogP contribution is 2.23. The summed E-state index contributed by atoms with van der Waals surface area (Å²) in [6.07, 6.45) is 2.61. The minimum atomic E-state index is -0.404. The van der Waals surface area contributed by atoms with Crippen LogP contribution in [0.2, 0.25) is 0 Å². The quantitative estimate of drug-likeness (QED) is 0.816. The number of carbonyl (C=O) groups excluding carboxylic acids is 2. The fraction of sp³-hybridized carbons (Fsp3) is 0.429. The SMILES string of the molecule is CCOc1ccc([C@H](C)NC(=O)[C@H]2CCCCN2C(=O)c2cccs2)cc1. The van der Waals surface area contributed by atoms with Crippen LogP contribution >= 0.6 is 11.3 Å². The van der Waals surface area contributed by atoms with E-state index in [4.69, 9.17) is 4.74 Å². The average molecular weight is 387 g/mol. The molecule has 1 fully saturated rings. The predicted molar refractivity (Wildman–Crippen MR) is 107 cm³/mol. The maximum Gasteiger partial charge on any atom is 0.264 e. The molecule has 0 aliphatic carbocycles. The van der Waals surface area contributed by atoms with Crippen molar-refractivity contribution in [2.75, 3.05) is 13.2 Å². The zero-order chi connectivity index (χ0) is 19.2. The molecule has 27 heavy (non-hydrogen) atoms. The van der Waals surface area contributed by atoms with Gasteiger partial charge >= 0.3 is 0 Å². The molecule has 1 aromatic heterocycles. The van der Waals surface area contributed by atoms with Crippen LogP contribution < -0.4 is 10.1 Å². The maximum absolute atomic E-state index is 12.9. The number of ether oxygens (including phenoxy) is 1. The van der Waals surface area contributed by atoms with Crippen LogP contribution in [-0.4, -0.2) is 35.9 Å². The van der Waals surface area contributed by atoms with Crippen LogP contribution in [0.1, 0.15) is 54.4 Å². The number of hydrogen-bond acceptors (Lipinski definition) is 4. The number of piperidine rings is 1. The molecule has 0 unspecified atom stereocenters. The van der Waals surface area contributed by atoms with Gasteiger partial charge < -0.3 is 15.0 Å². The summed E-state index contributed by atoms with van der Waals surface area (Å²) in [5, 5.41) is 4.97. The van der Waals surface area contributed by atoms with Crippen LogP contribution in [-0.2, 0) is 4.79 Å². The Labute approximate surface area is 164 Å². The summed E-state index contributed by atoms with van der Waals surface area (Å²) in [6, 6.07) is 10.9. The lowest BCUT2D eigenvalue weighted by Gasteiger charge is -2.35. The summed E-state index contributed by atoms with van der Waals surface area (Å²) in [6.45, 7) is 5.17. The van der Waals surface area contributed by atoms with Crippen molar-refractivity contribution >= 4 is 23.2 Å². The van der Waals surface area contributed by atoms with Gasteiger partial charge in [-0.2, -0.15) is 0 Å². The number of thiophene rings is 1. The first kappa shape index (κ1) is 19.4. The Morgan fingerprint density at radius 2 is 2.04 bits per heavy atom. The number of likely N-dealkylation sites (tertiary alicyclic amines) is 1. The van der Waals surface area contributed by atoms with E-state index in [0.29, 0.717) is 24.4 Å². The predicted octanol–water partition coefficient (Wildman–Crippen LogP) is 4.02. The number of carbonyl (C=O) groups is 2. The van der Waals surface area contributed by atoms with E-state index in [-0.39, 0.29) is 17.9 Å². The van der Waals surface area contributed by atoms with E-state index in [1.54, 1.807) is 4.90 Å². The lowest BCUT2D eigenvalue weighted by Crippen LogP contribution is -2.52. The molecule has 6 heteroatoms. The van der Waals surface area contributed by atoms with Crippen LogP contribution in [0.25, 0.3) is 0 Å². The zero-order valence-corrected chi connectivity index (χ0v) is 16.6.